The fourth-order valence-electron chi connectivity index (χ4n) is 1.61. The van der Waals surface area contributed by atoms with Crippen LogP contribution < -0.4 is 5.32 Å². The van der Waals surface area contributed by atoms with Crippen LogP contribution in [0.5, 0.6) is 0 Å². The summed E-state index contributed by atoms with van der Waals surface area (Å²) in [6.45, 7) is 3.52. The fraction of sp³-hybridized carbons (Fsp3) is 0.250. The topological polar surface area (TPSA) is 29.9 Å². The van der Waals surface area contributed by atoms with Gasteiger partial charge in [-0.1, -0.05) is 6.92 Å². The molecule has 0 unspecified atom stereocenters. The first-order chi connectivity index (χ1) is 8.20. The molecule has 0 aliphatic carbocycles. The van der Waals surface area contributed by atoms with E-state index in [0.717, 1.165) is 21.4 Å². The van der Waals surface area contributed by atoms with Gasteiger partial charge < -0.3 is 5.32 Å². The van der Waals surface area contributed by atoms with Crippen LogP contribution in [0.2, 0.25) is 0 Å². The molecule has 1 aromatic carbocycles. The Morgan fingerprint density at radius 3 is 2.94 bits per heavy atom. The lowest BCUT2D eigenvalue weighted by Crippen LogP contribution is -2.14. The second kappa shape index (κ2) is 5.59. The molecule has 0 saturated carbocycles. The summed E-state index contributed by atoms with van der Waals surface area (Å²) in [5.74, 6) is -0.219. The monoisotopic (exact) mass is 345 g/mol. The standard InChI is InChI=1S/C12H13FIN3/c1-2-15-6-9-5-10(13)3-4-12(9)17-8-11(14)7-16-17/h3-5,7-8,15H,2,6H2,1H3. The van der Waals surface area contributed by atoms with Crippen LogP contribution in [0.15, 0.2) is 30.6 Å². The molecule has 17 heavy (non-hydrogen) atoms. The average Bonchev–Trinajstić information content (AvgIpc) is 2.73. The Kier molecular flexibility index (Phi) is 4.11. The summed E-state index contributed by atoms with van der Waals surface area (Å²) in [6, 6.07) is 4.76. The number of hydrogen-bond donors (Lipinski definition) is 1. The maximum Gasteiger partial charge on any atom is 0.123 e. The third-order valence-corrected chi connectivity index (χ3v) is 2.96. The van der Waals surface area contributed by atoms with Crippen molar-refractivity contribution < 1.29 is 4.39 Å². The first kappa shape index (κ1) is 12.5. The van der Waals surface area contributed by atoms with Gasteiger partial charge in [-0.05, 0) is 52.9 Å². The molecular weight excluding hydrogens is 332 g/mol. The minimum Gasteiger partial charge on any atom is -0.313 e. The van der Waals surface area contributed by atoms with E-state index in [4.69, 9.17) is 0 Å². The van der Waals surface area contributed by atoms with Gasteiger partial charge in [0.05, 0.1) is 15.5 Å². The Labute approximate surface area is 113 Å². The summed E-state index contributed by atoms with van der Waals surface area (Å²) in [6.07, 6.45) is 3.70. The van der Waals surface area contributed by atoms with E-state index >= 15 is 0 Å². The molecule has 0 saturated heterocycles. The minimum atomic E-state index is -0.219. The molecule has 2 aromatic rings. The van der Waals surface area contributed by atoms with Crippen LogP contribution in [0.4, 0.5) is 4.39 Å². The van der Waals surface area contributed by atoms with E-state index in [1.807, 2.05) is 13.1 Å². The highest BCUT2D eigenvalue weighted by molar-refractivity contribution is 14.1. The van der Waals surface area contributed by atoms with Crippen molar-refractivity contribution in [3.63, 3.8) is 0 Å². The van der Waals surface area contributed by atoms with E-state index in [-0.39, 0.29) is 5.82 Å². The van der Waals surface area contributed by atoms with Crippen LogP contribution in [0.1, 0.15) is 12.5 Å². The van der Waals surface area contributed by atoms with Gasteiger partial charge in [0.2, 0.25) is 0 Å². The molecule has 90 valence electrons. The normalized spacial score (nSPS) is 10.8. The van der Waals surface area contributed by atoms with Crippen molar-refractivity contribution in [2.24, 2.45) is 0 Å². The SMILES string of the molecule is CCNCc1cc(F)ccc1-n1cc(I)cn1. The van der Waals surface area contributed by atoms with Crippen molar-refractivity contribution >= 4 is 22.6 Å². The van der Waals surface area contributed by atoms with Gasteiger partial charge >= 0.3 is 0 Å². The van der Waals surface area contributed by atoms with Gasteiger partial charge in [-0.25, -0.2) is 9.07 Å². The summed E-state index contributed by atoms with van der Waals surface area (Å²) < 4.78 is 16.1. The van der Waals surface area contributed by atoms with Gasteiger partial charge in [-0.3, -0.25) is 0 Å². The van der Waals surface area contributed by atoms with Crippen LogP contribution in [0.25, 0.3) is 5.69 Å². The van der Waals surface area contributed by atoms with Crippen LogP contribution in [0.3, 0.4) is 0 Å². The quantitative estimate of drug-likeness (QED) is 0.864. The fourth-order valence-corrected chi connectivity index (χ4v) is 2.00. The molecule has 1 heterocycles. The first-order valence-electron chi connectivity index (χ1n) is 5.40. The molecule has 0 radical (unpaired) electrons. The zero-order valence-electron chi connectivity index (χ0n) is 9.45. The number of halogens is 2. The van der Waals surface area contributed by atoms with Crippen LogP contribution >= 0.6 is 22.6 Å². The molecule has 0 spiro atoms. The average molecular weight is 345 g/mol. The lowest BCUT2D eigenvalue weighted by atomic mass is 10.1. The number of hydrogen-bond acceptors (Lipinski definition) is 2. The van der Waals surface area contributed by atoms with Crippen LogP contribution in [-0.2, 0) is 6.54 Å². The van der Waals surface area contributed by atoms with Crippen molar-refractivity contribution in [3.8, 4) is 5.69 Å². The molecular formula is C12H13FIN3. The molecule has 1 N–H and O–H groups in total. The zero-order chi connectivity index (χ0) is 12.3. The van der Waals surface area contributed by atoms with Gasteiger partial charge in [0.15, 0.2) is 0 Å². The number of nitrogens with zero attached hydrogens (tertiary/aromatic N) is 2. The van der Waals surface area contributed by atoms with Crippen molar-refractivity contribution in [2.75, 3.05) is 6.54 Å². The third-order valence-electron chi connectivity index (χ3n) is 2.40. The largest absolute Gasteiger partial charge is 0.313 e. The van der Waals surface area contributed by atoms with Crippen molar-refractivity contribution in [2.45, 2.75) is 13.5 Å². The molecule has 0 bridgehead atoms. The van der Waals surface area contributed by atoms with Crippen LogP contribution in [-0.4, -0.2) is 16.3 Å². The van der Waals surface area contributed by atoms with E-state index in [9.17, 15) is 4.39 Å². The number of benzene rings is 1. The molecule has 5 heteroatoms. The van der Waals surface area contributed by atoms with E-state index in [2.05, 4.69) is 33.0 Å². The smallest absolute Gasteiger partial charge is 0.123 e. The van der Waals surface area contributed by atoms with Gasteiger partial charge in [-0.2, -0.15) is 5.10 Å². The van der Waals surface area contributed by atoms with Crippen molar-refractivity contribution in [1.82, 2.24) is 15.1 Å². The Morgan fingerprint density at radius 2 is 2.29 bits per heavy atom. The minimum absolute atomic E-state index is 0.219. The Balaban J connectivity index is 2.38. The van der Waals surface area contributed by atoms with Crippen molar-refractivity contribution in [1.29, 1.82) is 0 Å². The number of rotatable bonds is 4. The second-order valence-corrected chi connectivity index (χ2v) is 4.90. The molecule has 0 atom stereocenters. The summed E-state index contributed by atoms with van der Waals surface area (Å²) in [4.78, 5) is 0. The molecule has 3 nitrogen and oxygen atoms in total. The molecule has 0 amide bonds. The summed E-state index contributed by atoms with van der Waals surface area (Å²) in [5.41, 5.74) is 1.82. The van der Waals surface area contributed by atoms with E-state index < -0.39 is 0 Å². The summed E-state index contributed by atoms with van der Waals surface area (Å²) >= 11 is 2.20. The molecule has 0 aliphatic rings. The molecule has 2 rings (SSSR count). The highest BCUT2D eigenvalue weighted by Gasteiger charge is 2.07. The molecule has 1 aromatic heterocycles. The van der Waals surface area contributed by atoms with Gasteiger partial charge in [0.25, 0.3) is 0 Å². The number of aromatic nitrogens is 2. The Hall–Kier alpha value is -0.950. The van der Waals surface area contributed by atoms with Crippen molar-refractivity contribution in [3.05, 3.63) is 45.5 Å². The summed E-state index contributed by atoms with van der Waals surface area (Å²) in [7, 11) is 0. The van der Waals surface area contributed by atoms with Gasteiger partial charge in [-0.15, -0.1) is 0 Å². The van der Waals surface area contributed by atoms with E-state index in [1.54, 1.807) is 23.0 Å². The second-order valence-electron chi connectivity index (χ2n) is 3.66. The summed E-state index contributed by atoms with van der Waals surface area (Å²) in [5, 5.41) is 7.44. The maximum atomic E-state index is 13.2. The van der Waals surface area contributed by atoms with E-state index in [0.29, 0.717) is 6.54 Å². The molecule has 0 fully saturated rings. The first-order valence-corrected chi connectivity index (χ1v) is 6.48. The lowest BCUT2D eigenvalue weighted by Gasteiger charge is -2.10. The van der Waals surface area contributed by atoms with Crippen LogP contribution in [0, 0.1) is 9.39 Å². The third kappa shape index (κ3) is 3.04. The molecule has 0 aliphatic heterocycles. The number of nitrogens with one attached hydrogen (secondary N) is 1. The Morgan fingerprint density at radius 1 is 1.47 bits per heavy atom. The Bertz CT molecular complexity index is 510. The zero-order valence-corrected chi connectivity index (χ0v) is 11.6. The highest BCUT2D eigenvalue weighted by atomic mass is 127. The van der Waals surface area contributed by atoms with E-state index in [1.165, 1.54) is 6.07 Å². The highest BCUT2D eigenvalue weighted by Crippen LogP contribution is 2.16. The predicted molar refractivity (Wildman–Crippen MR) is 73.6 cm³/mol. The maximum absolute atomic E-state index is 13.2. The van der Waals surface area contributed by atoms with Gasteiger partial charge in [0, 0.05) is 12.7 Å². The predicted octanol–water partition coefficient (Wildman–Crippen LogP) is 2.73. The van der Waals surface area contributed by atoms with Gasteiger partial charge in [0.1, 0.15) is 5.82 Å². The lowest BCUT2D eigenvalue weighted by molar-refractivity contribution is 0.620.